The molecule has 2 N–H and O–H groups in total. The van der Waals surface area contributed by atoms with Crippen LogP contribution in [0.15, 0.2) is 23.1 Å². The Kier molecular flexibility index (Phi) is 3.79. The Labute approximate surface area is 119 Å². The highest BCUT2D eigenvalue weighted by Gasteiger charge is 2.38. The summed E-state index contributed by atoms with van der Waals surface area (Å²) >= 11 is 0. The zero-order chi connectivity index (χ0) is 15.1. The second-order valence-electron chi connectivity index (χ2n) is 5.73. The van der Waals surface area contributed by atoms with E-state index in [4.69, 9.17) is 5.73 Å². The standard InChI is InChI=1S/C13H20FN3O2S/c1-13(2)9-17(8-7-16(13)3)20(18,19)12-10(14)5-4-6-11(12)15/h4-6H,7-9,15H2,1-3H3. The van der Waals surface area contributed by atoms with Crippen LogP contribution < -0.4 is 5.73 Å². The molecule has 0 aliphatic carbocycles. The Hall–Kier alpha value is -1.18. The zero-order valence-corrected chi connectivity index (χ0v) is 12.7. The van der Waals surface area contributed by atoms with Crippen molar-refractivity contribution in [1.82, 2.24) is 9.21 Å². The average Bonchev–Trinajstić information content (AvgIpc) is 2.32. The number of hydrogen-bond acceptors (Lipinski definition) is 4. The van der Waals surface area contributed by atoms with Gasteiger partial charge in [-0.15, -0.1) is 0 Å². The van der Waals surface area contributed by atoms with Crippen LogP contribution in [0.1, 0.15) is 13.8 Å². The molecule has 112 valence electrons. The fraction of sp³-hybridized carbons (Fsp3) is 0.538. The molecule has 1 fully saturated rings. The molecule has 1 aliphatic heterocycles. The van der Waals surface area contributed by atoms with Crippen molar-refractivity contribution in [2.24, 2.45) is 0 Å². The van der Waals surface area contributed by atoms with Crippen LogP contribution in [-0.2, 0) is 10.0 Å². The van der Waals surface area contributed by atoms with E-state index in [0.29, 0.717) is 19.6 Å². The molecule has 2 rings (SSSR count). The number of benzene rings is 1. The number of piperazine rings is 1. The van der Waals surface area contributed by atoms with Crippen molar-refractivity contribution in [2.45, 2.75) is 24.3 Å². The van der Waals surface area contributed by atoms with Gasteiger partial charge in [0.1, 0.15) is 10.7 Å². The van der Waals surface area contributed by atoms with Crippen molar-refractivity contribution in [3.05, 3.63) is 24.0 Å². The lowest BCUT2D eigenvalue weighted by Gasteiger charge is -2.44. The van der Waals surface area contributed by atoms with Crippen LogP contribution in [-0.4, -0.2) is 49.8 Å². The Balaban J connectivity index is 2.42. The highest BCUT2D eigenvalue weighted by atomic mass is 32.2. The van der Waals surface area contributed by atoms with Gasteiger partial charge in [-0.1, -0.05) is 6.07 Å². The molecule has 0 radical (unpaired) electrons. The molecule has 0 spiro atoms. The lowest BCUT2D eigenvalue weighted by molar-refractivity contribution is 0.0800. The van der Waals surface area contributed by atoms with E-state index in [-0.39, 0.29) is 11.2 Å². The summed E-state index contributed by atoms with van der Waals surface area (Å²) in [4.78, 5) is 1.67. The van der Waals surface area contributed by atoms with Crippen LogP contribution in [0, 0.1) is 5.82 Å². The number of sulfonamides is 1. The molecular formula is C13H20FN3O2S. The maximum Gasteiger partial charge on any atom is 0.248 e. The maximum atomic E-state index is 13.9. The van der Waals surface area contributed by atoms with Gasteiger partial charge < -0.3 is 5.73 Å². The molecule has 0 atom stereocenters. The summed E-state index contributed by atoms with van der Waals surface area (Å²) in [6.45, 7) is 5.15. The summed E-state index contributed by atoms with van der Waals surface area (Å²) in [5.74, 6) is -0.804. The van der Waals surface area contributed by atoms with Gasteiger partial charge in [0, 0.05) is 25.2 Å². The quantitative estimate of drug-likeness (QED) is 0.831. The van der Waals surface area contributed by atoms with E-state index in [0.717, 1.165) is 6.07 Å². The summed E-state index contributed by atoms with van der Waals surface area (Å²) in [5, 5.41) is 0. The van der Waals surface area contributed by atoms with Gasteiger partial charge in [-0.2, -0.15) is 4.31 Å². The van der Waals surface area contributed by atoms with Crippen molar-refractivity contribution >= 4 is 15.7 Å². The highest BCUT2D eigenvalue weighted by molar-refractivity contribution is 7.89. The number of anilines is 1. The largest absolute Gasteiger partial charge is 0.398 e. The number of likely N-dealkylation sites (N-methyl/N-ethyl adjacent to an activating group) is 1. The van der Waals surface area contributed by atoms with Crippen LogP contribution in [0.25, 0.3) is 0 Å². The number of halogens is 1. The van der Waals surface area contributed by atoms with E-state index in [1.165, 1.54) is 16.4 Å². The smallest absolute Gasteiger partial charge is 0.248 e. The zero-order valence-electron chi connectivity index (χ0n) is 11.9. The predicted octanol–water partition coefficient (Wildman–Crippen LogP) is 1.12. The van der Waals surface area contributed by atoms with E-state index in [1.54, 1.807) is 0 Å². The van der Waals surface area contributed by atoms with Crippen molar-refractivity contribution in [1.29, 1.82) is 0 Å². The Bertz CT molecular complexity index is 596. The first-order valence-corrected chi connectivity index (χ1v) is 7.85. The fourth-order valence-electron chi connectivity index (χ4n) is 2.33. The van der Waals surface area contributed by atoms with Crippen molar-refractivity contribution in [3.63, 3.8) is 0 Å². The lowest BCUT2D eigenvalue weighted by atomic mass is 10.0. The van der Waals surface area contributed by atoms with Crippen LogP contribution in [0.4, 0.5) is 10.1 Å². The van der Waals surface area contributed by atoms with Gasteiger partial charge in [-0.25, -0.2) is 12.8 Å². The maximum absolute atomic E-state index is 13.9. The molecule has 0 saturated carbocycles. The van der Waals surface area contributed by atoms with Crippen LogP contribution in [0.3, 0.4) is 0 Å². The Morgan fingerprint density at radius 2 is 1.95 bits per heavy atom. The number of nitrogens with two attached hydrogens (primary N) is 1. The van der Waals surface area contributed by atoms with E-state index >= 15 is 0 Å². The molecule has 7 heteroatoms. The van der Waals surface area contributed by atoms with Gasteiger partial charge in [0.25, 0.3) is 0 Å². The van der Waals surface area contributed by atoms with Gasteiger partial charge in [0.15, 0.2) is 0 Å². The van der Waals surface area contributed by atoms with Crippen LogP contribution in [0.5, 0.6) is 0 Å². The van der Waals surface area contributed by atoms with Crippen LogP contribution in [0.2, 0.25) is 0 Å². The second-order valence-corrected chi connectivity index (χ2v) is 7.61. The molecule has 0 amide bonds. The van der Waals surface area contributed by atoms with Gasteiger partial charge in [-0.3, -0.25) is 4.90 Å². The lowest BCUT2D eigenvalue weighted by Crippen LogP contribution is -2.58. The van der Waals surface area contributed by atoms with E-state index < -0.39 is 20.7 Å². The summed E-state index contributed by atoms with van der Waals surface area (Å²) in [5.41, 5.74) is 5.30. The Morgan fingerprint density at radius 1 is 1.30 bits per heavy atom. The van der Waals surface area contributed by atoms with Crippen molar-refractivity contribution in [3.8, 4) is 0 Å². The molecule has 1 heterocycles. The molecule has 0 aromatic heterocycles. The average molecular weight is 301 g/mol. The number of nitrogen functional groups attached to an aromatic ring is 1. The Morgan fingerprint density at radius 3 is 2.50 bits per heavy atom. The number of rotatable bonds is 2. The second kappa shape index (κ2) is 4.98. The SMILES string of the molecule is CN1CCN(S(=O)(=O)c2c(N)cccc2F)CC1(C)C. The minimum absolute atomic E-state index is 0.0539. The molecule has 1 aromatic rings. The van der Waals surface area contributed by atoms with Gasteiger partial charge in [0.05, 0.1) is 5.69 Å². The predicted molar refractivity (Wildman–Crippen MR) is 76.3 cm³/mol. The molecule has 1 aromatic carbocycles. The first-order chi connectivity index (χ1) is 9.16. The highest BCUT2D eigenvalue weighted by Crippen LogP contribution is 2.29. The summed E-state index contributed by atoms with van der Waals surface area (Å²) in [6, 6.07) is 3.92. The van der Waals surface area contributed by atoms with Gasteiger partial charge >= 0.3 is 0 Å². The summed E-state index contributed by atoms with van der Waals surface area (Å²) in [7, 11) is -1.97. The van der Waals surface area contributed by atoms with Crippen molar-refractivity contribution in [2.75, 3.05) is 32.4 Å². The van der Waals surface area contributed by atoms with Crippen LogP contribution >= 0.6 is 0 Å². The third-order valence-corrected chi connectivity index (χ3v) is 5.81. The number of nitrogens with zero attached hydrogens (tertiary/aromatic N) is 2. The van der Waals surface area contributed by atoms with E-state index in [1.807, 2.05) is 20.9 Å². The third-order valence-electron chi connectivity index (χ3n) is 3.88. The monoisotopic (exact) mass is 301 g/mol. The van der Waals surface area contributed by atoms with Gasteiger partial charge in [0.2, 0.25) is 10.0 Å². The molecular weight excluding hydrogens is 281 g/mol. The fourth-order valence-corrected chi connectivity index (χ4v) is 4.07. The molecule has 5 nitrogen and oxygen atoms in total. The molecule has 0 unspecified atom stereocenters. The van der Waals surface area contributed by atoms with E-state index in [2.05, 4.69) is 4.90 Å². The summed E-state index contributed by atoms with van der Waals surface area (Å²) in [6.07, 6.45) is 0. The third kappa shape index (κ3) is 2.53. The number of hydrogen-bond donors (Lipinski definition) is 1. The minimum atomic E-state index is -3.91. The minimum Gasteiger partial charge on any atom is -0.398 e. The molecule has 0 bridgehead atoms. The normalized spacial score (nSPS) is 21.0. The molecule has 1 saturated heterocycles. The van der Waals surface area contributed by atoms with E-state index in [9.17, 15) is 12.8 Å². The first kappa shape index (κ1) is 15.2. The van der Waals surface area contributed by atoms with Crippen molar-refractivity contribution < 1.29 is 12.8 Å². The van der Waals surface area contributed by atoms with Gasteiger partial charge in [-0.05, 0) is 33.0 Å². The topological polar surface area (TPSA) is 66.6 Å². The molecule has 1 aliphatic rings. The first-order valence-electron chi connectivity index (χ1n) is 6.41. The molecule has 20 heavy (non-hydrogen) atoms. The summed E-state index contributed by atoms with van der Waals surface area (Å²) < 4.78 is 40.4.